The van der Waals surface area contributed by atoms with E-state index in [1.807, 2.05) is 104 Å². The second-order valence-electron chi connectivity index (χ2n) is 21.8. The number of hydrogen-bond acceptors (Lipinski definition) is 18. The lowest BCUT2D eigenvalue weighted by molar-refractivity contribution is -0.318. The van der Waals surface area contributed by atoms with Crippen molar-refractivity contribution < 1.29 is 58.7 Å². The molecule has 20 nitrogen and oxygen atoms in total. The number of rotatable bonds is 15. The van der Waals surface area contributed by atoms with Crippen molar-refractivity contribution in [2.24, 2.45) is 17.8 Å². The molecule has 3 aliphatic heterocycles. The van der Waals surface area contributed by atoms with Crippen molar-refractivity contribution in [1.29, 1.82) is 0 Å². The Kier molecular flexibility index (Phi) is 20.2. The smallest absolute Gasteiger partial charge is 0.312 e. The van der Waals surface area contributed by atoms with E-state index in [1.54, 1.807) is 40.8 Å². The third-order valence-electron chi connectivity index (χ3n) is 15.5. The highest BCUT2D eigenvalue weighted by Gasteiger charge is 2.53. The van der Waals surface area contributed by atoms with Gasteiger partial charge in [0.25, 0.3) is 0 Å². The maximum atomic E-state index is 14.3. The van der Waals surface area contributed by atoms with Gasteiger partial charge in [0.15, 0.2) is 16.7 Å². The molecule has 21 heteroatoms. The minimum Gasteiger partial charge on any atom is -0.448 e. The van der Waals surface area contributed by atoms with E-state index in [0.717, 1.165) is 42.9 Å². The maximum Gasteiger partial charge on any atom is 0.312 e. The van der Waals surface area contributed by atoms with Crippen molar-refractivity contribution in [2.45, 2.75) is 202 Å². The predicted octanol–water partition coefficient (Wildman–Crippen LogP) is 3.83. The zero-order valence-corrected chi connectivity index (χ0v) is 46.5. The van der Waals surface area contributed by atoms with E-state index in [1.165, 1.54) is 14.0 Å². The zero-order chi connectivity index (χ0) is 52.9. The Morgan fingerprint density at radius 2 is 1.69 bits per heavy atom. The number of carbonyl (C=O) groups excluding carboxylic acids is 1. The number of halogens is 1. The van der Waals surface area contributed by atoms with Crippen molar-refractivity contribution in [2.75, 3.05) is 34.3 Å². The van der Waals surface area contributed by atoms with E-state index in [9.17, 15) is 30.3 Å². The number of cyclic esters (lactones) is 1. The molecule has 3 aromatic heterocycles. The van der Waals surface area contributed by atoms with Gasteiger partial charge in [0.2, 0.25) is 0 Å². The van der Waals surface area contributed by atoms with Crippen LogP contribution in [0.2, 0.25) is 0 Å². The molecule has 3 aliphatic rings. The molecule has 3 saturated heterocycles. The molecule has 0 saturated carbocycles. The molecule has 0 aromatic carbocycles. The first-order valence-corrected chi connectivity index (χ1v) is 26.8. The van der Waals surface area contributed by atoms with Gasteiger partial charge >= 0.3 is 5.97 Å². The summed E-state index contributed by atoms with van der Waals surface area (Å²) in [5, 5.41) is 68.1. The summed E-state index contributed by atoms with van der Waals surface area (Å²) in [5.74, 6) is -2.79. The van der Waals surface area contributed by atoms with E-state index in [4.69, 9.17) is 28.4 Å². The van der Waals surface area contributed by atoms with Crippen molar-refractivity contribution in [3.63, 3.8) is 0 Å². The molecule has 0 bridgehead atoms. The topological polar surface area (TPSA) is 241 Å². The molecule has 0 radical (unpaired) electrons. The number of carbonyl (C=O) groups is 1. The number of pyridine rings is 1. The standard InChI is InChI=1S/C51H83IN8O12/c1-30-23-49(7,65)45(32(3)42(70-40-24-50(8,67-12)44(63)35(6)69-40)33(4)46(64)72-48(52)51(9,66)43(62)34(5)58(11)26-30)71-47-41(61)39(22-31(2)68-47)57(10)21-17-37-27-60(56-55-37)20-14-13-19-59-28-38(54-29-59)36-16-15-18-53-25-36/h15-16,18,25,27-35,39-45,47-48,61-63,65-66H,13-14,17,19-24,26H2,1-12H3/t30-,31-,32+,33-,34-,35+,39+,40+,41-,42+,43-,44+,45-,47+,48+,49-,50-,51+/m1/s1. The van der Waals surface area contributed by atoms with E-state index in [2.05, 4.69) is 29.7 Å². The third kappa shape index (κ3) is 14.2. The first kappa shape index (κ1) is 58.5. The number of likely N-dealkylation sites (N-methyl/N-ethyl adjacent to an activating group) is 2. The number of alkyl halides is 1. The number of ether oxygens (including phenoxy) is 6. The lowest BCUT2D eigenvalue weighted by Crippen LogP contribution is -2.60. The van der Waals surface area contributed by atoms with Gasteiger partial charge in [-0.05, 0) is 129 Å². The van der Waals surface area contributed by atoms with Crippen molar-refractivity contribution in [3.8, 4) is 11.3 Å². The highest BCUT2D eigenvalue weighted by molar-refractivity contribution is 14.1. The molecular weight excluding hydrogens is 1040 g/mol. The van der Waals surface area contributed by atoms with Gasteiger partial charge in [0.05, 0.1) is 59.3 Å². The molecule has 406 valence electrons. The van der Waals surface area contributed by atoms with Crippen molar-refractivity contribution in [1.82, 2.24) is 39.3 Å². The summed E-state index contributed by atoms with van der Waals surface area (Å²) in [6.45, 7) is 18.3. The lowest BCUT2D eigenvalue weighted by atomic mass is 9.77. The second kappa shape index (κ2) is 24.9. The van der Waals surface area contributed by atoms with Crippen LogP contribution >= 0.6 is 22.6 Å². The molecule has 0 amide bonds. The number of aliphatic hydroxyl groups is 5. The number of imidazole rings is 1. The van der Waals surface area contributed by atoms with Crippen LogP contribution in [-0.2, 0) is 52.7 Å². The minimum absolute atomic E-state index is 0.104. The molecule has 0 unspecified atom stereocenters. The fourth-order valence-electron chi connectivity index (χ4n) is 10.8. The van der Waals surface area contributed by atoms with Crippen LogP contribution < -0.4 is 0 Å². The van der Waals surface area contributed by atoms with Crippen LogP contribution in [0.25, 0.3) is 11.3 Å². The van der Waals surface area contributed by atoms with Gasteiger partial charge < -0.3 is 68.3 Å². The monoisotopic (exact) mass is 1130 g/mol. The van der Waals surface area contributed by atoms with Gasteiger partial charge in [-0.2, -0.15) is 0 Å². The minimum atomic E-state index is -1.85. The maximum absolute atomic E-state index is 14.3. The van der Waals surface area contributed by atoms with Crippen LogP contribution in [0.4, 0.5) is 0 Å². The van der Waals surface area contributed by atoms with E-state index in [0.29, 0.717) is 25.9 Å². The Bertz CT molecular complexity index is 2150. The highest BCUT2D eigenvalue weighted by atomic mass is 127. The quantitative estimate of drug-likeness (QED) is 0.0629. The summed E-state index contributed by atoms with van der Waals surface area (Å²) in [6, 6.07) is 2.92. The lowest BCUT2D eigenvalue weighted by Gasteiger charge is -2.49. The van der Waals surface area contributed by atoms with Crippen molar-refractivity contribution in [3.05, 3.63) is 48.9 Å². The van der Waals surface area contributed by atoms with Crippen LogP contribution in [0.15, 0.2) is 43.2 Å². The van der Waals surface area contributed by atoms with Crippen LogP contribution in [0, 0.1) is 17.8 Å². The van der Waals surface area contributed by atoms with Gasteiger partial charge in [-0.25, -0.2) is 4.98 Å². The Balaban J connectivity index is 1.18. The average Bonchev–Trinajstić information content (AvgIpc) is 4.01. The number of esters is 1. The molecule has 6 heterocycles. The second-order valence-corrected chi connectivity index (χ2v) is 22.9. The number of hydrogen-bond donors (Lipinski definition) is 5. The molecule has 5 N–H and O–H groups in total. The Morgan fingerprint density at radius 3 is 2.39 bits per heavy atom. The largest absolute Gasteiger partial charge is 0.448 e. The molecule has 3 fully saturated rings. The third-order valence-corrected chi connectivity index (χ3v) is 17.0. The van der Waals surface area contributed by atoms with E-state index >= 15 is 0 Å². The molecule has 0 spiro atoms. The summed E-state index contributed by atoms with van der Waals surface area (Å²) >= 11 is 1.83. The van der Waals surface area contributed by atoms with Crippen LogP contribution in [0.1, 0.15) is 100 Å². The van der Waals surface area contributed by atoms with Gasteiger partial charge in [0.1, 0.15) is 23.9 Å². The fraction of sp³-hybridized carbons (Fsp3) is 0.784. The average molecular weight is 1130 g/mol. The van der Waals surface area contributed by atoms with E-state index in [-0.39, 0.29) is 24.9 Å². The number of aliphatic hydroxyl groups excluding tert-OH is 3. The SMILES string of the molecule is CO[C@]1(C)C[C@H](O[C@H]2[C@H](C)[C@@H](O[C@@H]3O[C@H](C)C[C@H](N(C)CCc4cn(CCCCn5cnc(-c6cccnc6)c5)nn4)[C@H]3O)[C@](C)(O)C[C@@H](C)CN(C)[C@H](C)[C@@H](O)[C@](C)(O)[C@@H](I)OC(=O)[C@@H]2C)O[C@@H](C)[C@@H]1O. The van der Waals surface area contributed by atoms with Gasteiger partial charge in [-0.15, -0.1) is 5.10 Å². The summed E-state index contributed by atoms with van der Waals surface area (Å²) in [5.41, 5.74) is -1.82. The van der Waals surface area contributed by atoms with Crippen LogP contribution in [0.3, 0.4) is 0 Å². The Labute approximate surface area is 439 Å². The van der Waals surface area contributed by atoms with Gasteiger partial charge in [-0.3, -0.25) is 14.5 Å². The first-order valence-electron chi connectivity index (χ1n) is 25.6. The number of unbranched alkanes of at least 4 members (excludes halogenated alkanes) is 1. The highest BCUT2D eigenvalue weighted by Crippen LogP contribution is 2.40. The number of aryl methyl sites for hydroxylation is 2. The molecule has 3 aromatic rings. The molecule has 6 rings (SSSR count). The first-order chi connectivity index (χ1) is 33.8. The normalized spacial score (nSPS) is 39.1. The van der Waals surface area contributed by atoms with Crippen LogP contribution in [0.5, 0.6) is 0 Å². The molecule has 18 atom stereocenters. The summed E-state index contributed by atoms with van der Waals surface area (Å²) in [4.78, 5) is 27.0. The number of aromatic nitrogens is 6. The van der Waals surface area contributed by atoms with Gasteiger partial charge in [0, 0.05) is 94.5 Å². The summed E-state index contributed by atoms with van der Waals surface area (Å²) in [7, 11) is 5.29. The predicted molar refractivity (Wildman–Crippen MR) is 275 cm³/mol. The molecule has 0 aliphatic carbocycles. The van der Waals surface area contributed by atoms with E-state index < -0.39 is 100 Å². The summed E-state index contributed by atoms with van der Waals surface area (Å²) < 4.78 is 40.9. The molecule has 72 heavy (non-hydrogen) atoms. The number of nitrogens with zero attached hydrogens (tertiary/aromatic N) is 8. The Morgan fingerprint density at radius 1 is 0.972 bits per heavy atom. The molecular formula is C51H83IN8O12. The zero-order valence-electron chi connectivity index (χ0n) is 44.3. The van der Waals surface area contributed by atoms with Gasteiger partial charge in [-0.1, -0.05) is 19.1 Å². The van der Waals surface area contributed by atoms with Crippen LogP contribution in [-0.4, -0.2) is 193 Å². The Hall–Kier alpha value is -2.78. The number of methoxy groups -OCH3 is 1. The van der Waals surface area contributed by atoms with Crippen molar-refractivity contribution >= 4 is 28.6 Å². The summed E-state index contributed by atoms with van der Waals surface area (Å²) in [6.07, 6.45) is 3.77. The fourth-order valence-corrected chi connectivity index (χ4v) is 11.4.